The second kappa shape index (κ2) is 7.25. The molecular weight excluding hydrogens is 278 g/mol. The molecule has 1 fully saturated rings. The number of hydrogen-bond acceptors (Lipinski definition) is 4. The van der Waals surface area contributed by atoms with E-state index in [0.717, 1.165) is 25.9 Å². The van der Waals surface area contributed by atoms with Gasteiger partial charge in [0.2, 0.25) is 5.91 Å². The average Bonchev–Trinajstić information content (AvgIpc) is 2.48. The van der Waals surface area contributed by atoms with Crippen molar-refractivity contribution in [3.63, 3.8) is 0 Å². The van der Waals surface area contributed by atoms with E-state index in [-0.39, 0.29) is 18.6 Å². The van der Waals surface area contributed by atoms with Crippen LogP contribution in [0, 0.1) is 11.3 Å². The minimum absolute atomic E-state index is 0.00221. The highest BCUT2D eigenvalue weighted by atomic mass is 35.5. The Morgan fingerprint density at radius 1 is 1.50 bits per heavy atom. The molecule has 1 saturated heterocycles. The Hall–Kier alpha value is -1.61. The fourth-order valence-corrected chi connectivity index (χ4v) is 2.20. The molecule has 6 heteroatoms. The fraction of sp³-hybridized carbons (Fsp3) is 0.429. The van der Waals surface area contributed by atoms with Gasteiger partial charge in [0.25, 0.3) is 0 Å². The molecule has 0 aromatic heterocycles. The van der Waals surface area contributed by atoms with Crippen molar-refractivity contribution in [2.75, 3.05) is 25.0 Å². The quantitative estimate of drug-likeness (QED) is 0.889. The Kier molecular flexibility index (Phi) is 5.36. The molecule has 0 radical (unpaired) electrons. The highest BCUT2D eigenvalue weighted by molar-refractivity contribution is 6.33. The molecule has 0 spiro atoms. The standard InChI is InChI=1S/C14H16ClN3O2/c15-12-2-1-10(8-16)7-13(12)18-14(19)9-20-11-3-5-17-6-4-11/h1-2,7,11,17H,3-6,9H2,(H,18,19). The molecule has 2 N–H and O–H groups in total. The van der Waals surface area contributed by atoms with Gasteiger partial charge in [-0.25, -0.2) is 0 Å². The first-order chi connectivity index (χ1) is 9.69. The minimum atomic E-state index is -0.263. The highest BCUT2D eigenvalue weighted by Crippen LogP contribution is 2.22. The van der Waals surface area contributed by atoms with Gasteiger partial charge < -0.3 is 15.4 Å². The molecule has 1 aromatic rings. The Morgan fingerprint density at radius 2 is 2.25 bits per heavy atom. The smallest absolute Gasteiger partial charge is 0.250 e. The topological polar surface area (TPSA) is 74.2 Å². The molecule has 1 aromatic carbocycles. The van der Waals surface area contributed by atoms with Crippen LogP contribution in [-0.4, -0.2) is 31.7 Å². The Labute approximate surface area is 122 Å². The number of anilines is 1. The number of nitriles is 1. The van der Waals surface area contributed by atoms with Gasteiger partial charge in [-0.3, -0.25) is 4.79 Å². The van der Waals surface area contributed by atoms with Gasteiger partial charge in [0.05, 0.1) is 28.4 Å². The number of amides is 1. The van der Waals surface area contributed by atoms with E-state index in [2.05, 4.69) is 10.6 Å². The third-order valence-corrected chi connectivity index (χ3v) is 3.44. The molecule has 1 aliphatic heterocycles. The molecule has 0 unspecified atom stereocenters. The number of benzene rings is 1. The van der Waals surface area contributed by atoms with E-state index in [1.807, 2.05) is 6.07 Å². The number of ether oxygens (including phenoxy) is 1. The summed E-state index contributed by atoms with van der Waals surface area (Å²) in [7, 11) is 0. The fourth-order valence-electron chi connectivity index (χ4n) is 2.03. The lowest BCUT2D eigenvalue weighted by Crippen LogP contribution is -2.34. The molecule has 0 atom stereocenters. The Balaban J connectivity index is 1.86. The zero-order valence-corrected chi connectivity index (χ0v) is 11.7. The molecule has 20 heavy (non-hydrogen) atoms. The number of nitrogens with one attached hydrogen (secondary N) is 2. The number of carbonyl (C=O) groups is 1. The molecule has 0 aliphatic carbocycles. The van der Waals surface area contributed by atoms with E-state index in [4.69, 9.17) is 21.6 Å². The largest absolute Gasteiger partial charge is 0.368 e. The second-order valence-electron chi connectivity index (χ2n) is 4.61. The van der Waals surface area contributed by atoms with Crippen molar-refractivity contribution in [2.45, 2.75) is 18.9 Å². The summed E-state index contributed by atoms with van der Waals surface area (Å²) in [6, 6.07) is 6.74. The van der Waals surface area contributed by atoms with Crippen molar-refractivity contribution in [3.8, 4) is 6.07 Å². The summed E-state index contributed by atoms with van der Waals surface area (Å²) < 4.78 is 5.55. The van der Waals surface area contributed by atoms with Crippen LogP contribution < -0.4 is 10.6 Å². The van der Waals surface area contributed by atoms with E-state index >= 15 is 0 Å². The van der Waals surface area contributed by atoms with Gasteiger partial charge in [0.1, 0.15) is 6.61 Å². The van der Waals surface area contributed by atoms with Crippen LogP contribution in [-0.2, 0) is 9.53 Å². The first-order valence-corrected chi connectivity index (χ1v) is 6.88. The monoisotopic (exact) mass is 293 g/mol. The molecular formula is C14H16ClN3O2. The predicted molar refractivity (Wildman–Crippen MR) is 76.6 cm³/mol. The summed E-state index contributed by atoms with van der Waals surface area (Å²) in [4.78, 5) is 11.8. The van der Waals surface area contributed by atoms with Gasteiger partial charge in [-0.1, -0.05) is 11.6 Å². The van der Waals surface area contributed by atoms with Gasteiger partial charge in [0, 0.05) is 0 Å². The number of hydrogen-bond donors (Lipinski definition) is 2. The summed E-state index contributed by atoms with van der Waals surface area (Å²) in [5.74, 6) is -0.263. The zero-order valence-electron chi connectivity index (χ0n) is 11.0. The summed E-state index contributed by atoms with van der Waals surface area (Å²) >= 11 is 5.97. The minimum Gasteiger partial charge on any atom is -0.368 e. The van der Waals surface area contributed by atoms with Crippen LogP contribution in [0.3, 0.4) is 0 Å². The van der Waals surface area contributed by atoms with Crippen molar-refractivity contribution in [1.82, 2.24) is 5.32 Å². The molecule has 0 saturated carbocycles. The highest BCUT2D eigenvalue weighted by Gasteiger charge is 2.15. The van der Waals surface area contributed by atoms with E-state index < -0.39 is 0 Å². The van der Waals surface area contributed by atoms with Gasteiger partial charge in [0.15, 0.2) is 0 Å². The lowest BCUT2D eigenvalue weighted by atomic mass is 10.1. The molecule has 5 nitrogen and oxygen atoms in total. The van der Waals surface area contributed by atoms with E-state index in [1.165, 1.54) is 0 Å². The average molecular weight is 294 g/mol. The molecule has 0 bridgehead atoms. The second-order valence-corrected chi connectivity index (χ2v) is 5.02. The van der Waals surface area contributed by atoms with Crippen molar-refractivity contribution < 1.29 is 9.53 Å². The zero-order chi connectivity index (χ0) is 14.4. The lowest BCUT2D eigenvalue weighted by molar-refractivity contribution is -0.123. The number of rotatable bonds is 4. The summed E-state index contributed by atoms with van der Waals surface area (Å²) in [6.45, 7) is 1.84. The van der Waals surface area contributed by atoms with Gasteiger partial charge >= 0.3 is 0 Å². The van der Waals surface area contributed by atoms with Gasteiger partial charge in [-0.05, 0) is 44.1 Å². The van der Waals surface area contributed by atoms with Crippen molar-refractivity contribution in [3.05, 3.63) is 28.8 Å². The SMILES string of the molecule is N#Cc1ccc(Cl)c(NC(=O)COC2CCNCC2)c1. The van der Waals surface area contributed by atoms with Crippen molar-refractivity contribution in [2.24, 2.45) is 0 Å². The van der Waals surface area contributed by atoms with E-state index in [0.29, 0.717) is 16.3 Å². The third-order valence-electron chi connectivity index (χ3n) is 3.11. The molecule has 1 aliphatic rings. The normalized spacial score (nSPS) is 15.6. The maximum absolute atomic E-state index is 11.8. The maximum atomic E-state index is 11.8. The number of halogens is 1. The van der Waals surface area contributed by atoms with Gasteiger partial charge in [-0.2, -0.15) is 5.26 Å². The number of piperidine rings is 1. The maximum Gasteiger partial charge on any atom is 0.250 e. The molecule has 106 valence electrons. The van der Waals surface area contributed by atoms with Crippen LogP contribution in [0.2, 0.25) is 5.02 Å². The first-order valence-electron chi connectivity index (χ1n) is 6.51. The predicted octanol–water partition coefficient (Wildman–Crippen LogP) is 1.92. The molecule has 1 heterocycles. The lowest BCUT2D eigenvalue weighted by Gasteiger charge is -2.22. The summed E-state index contributed by atoms with van der Waals surface area (Å²) in [6.07, 6.45) is 1.96. The Bertz CT molecular complexity index is 522. The third kappa shape index (κ3) is 4.20. The van der Waals surface area contributed by atoms with Crippen molar-refractivity contribution >= 4 is 23.2 Å². The van der Waals surface area contributed by atoms with Crippen LogP contribution in [0.15, 0.2) is 18.2 Å². The molecule has 2 rings (SSSR count). The molecule has 1 amide bonds. The Morgan fingerprint density at radius 3 is 2.95 bits per heavy atom. The van der Waals surface area contributed by atoms with Crippen LogP contribution in [0.5, 0.6) is 0 Å². The first kappa shape index (κ1) is 14.8. The van der Waals surface area contributed by atoms with Crippen LogP contribution >= 0.6 is 11.6 Å². The summed E-state index contributed by atoms with van der Waals surface area (Å²) in [5, 5.41) is 15.1. The van der Waals surface area contributed by atoms with Crippen LogP contribution in [0.25, 0.3) is 0 Å². The number of nitrogens with zero attached hydrogens (tertiary/aromatic N) is 1. The number of carbonyl (C=O) groups excluding carboxylic acids is 1. The summed E-state index contributed by atoms with van der Waals surface area (Å²) in [5.41, 5.74) is 0.883. The van der Waals surface area contributed by atoms with E-state index in [9.17, 15) is 4.79 Å². The van der Waals surface area contributed by atoms with E-state index in [1.54, 1.807) is 18.2 Å². The van der Waals surface area contributed by atoms with Crippen molar-refractivity contribution in [1.29, 1.82) is 5.26 Å². The van der Waals surface area contributed by atoms with Crippen LogP contribution in [0.4, 0.5) is 5.69 Å². The van der Waals surface area contributed by atoms with Crippen LogP contribution in [0.1, 0.15) is 18.4 Å². The van der Waals surface area contributed by atoms with Gasteiger partial charge in [-0.15, -0.1) is 0 Å².